The van der Waals surface area contributed by atoms with Gasteiger partial charge in [-0.1, -0.05) is 0 Å². The number of nitrogens with one attached hydrogen (secondary N) is 1. The molecule has 100 valence electrons. The summed E-state index contributed by atoms with van der Waals surface area (Å²) in [4.78, 5) is 3.69. The van der Waals surface area contributed by atoms with Crippen LogP contribution in [0.2, 0.25) is 0 Å². The van der Waals surface area contributed by atoms with Crippen LogP contribution in [0.25, 0.3) is 0 Å². The van der Waals surface area contributed by atoms with E-state index in [4.69, 9.17) is 5.73 Å². The zero-order valence-electron chi connectivity index (χ0n) is 10.1. The van der Waals surface area contributed by atoms with Crippen molar-refractivity contribution < 1.29 is 12.8 Å². The second-order valence-corrected chi connectivity index (χ2v) is 5.72. The van der Waals surface area contributed by atoms with E-state index >= 15 is 0 Å². The lowest BCUT2D eigenvalue weighted by Crippen LogP contribution is -2.13. The topological polar surface area (TPSA) is 85.1 Å². The van der Waals surface area contributed by atoms with E-state index in [1.807, 2.05) is 0 Å². The minimum Gasteiger partial charge on any atom is -0.384 e. The molecule has 7 heteroatoms. The van der Waals surface area contributed by atoms with Crippen LogP contribution in [0.3, 0.4) is 0 Å². The summed E-state index contributed by atoms with van der Waals surface area (Å²) >= 11 is 0. The predicted octanol–water partition coefficient (Wildman–Crippen LogP) is 1.91. The molecular weight excluding hydrogens is 269 g/mol. The highest BCUT2D eigenvalue weighted by Crippen LogP contribution is 2.19. The van der Waals surface area contributed by atoms with Gasteiger partial charge in [0.05, 0.1) is 10.6 Å². The number of nitrogens with two attached hydrogens (primary N) is 1. The predicted molar refractivity (Wildman–Crippen MR) is 70.6 cm³/mol. The molecule has 0 aliphatic rings. The number of pyridine rings is 1. The van der Waals surface area contributed by atoms with Crippen LogP contribution < -0.4 is 10.5 Å². The molecule has 0 fully saturated rings. The number of halogens is 1. The Balaban J connectivity index is 2.36. The maximum absolute atomic E-state index is 13.2. The number of aryl methyl sites for hydroxylation is 1. The third-order valence-electron chi connectivity index (χ3n) is 2.36. The first-order chi connectivity index (χ1) is 8.87. The summed E-state index contributed by atoms with van der Waals surface area (Å²) < 4.78 is 39.6. The van der Waals surface area contributed by atoms with Crippen LogP contribution >= 0.6 is 0 Å². The maximum Gasteiger partial charge on any atom is 0.262 e. The lowest BCUT2D eigenvalue weighted by molar-refractivity contribution is 0.601. The molecule has 0 unspecified atom stereocenters. The summed E-state index contributed by atoms with van der Waals surface area (Å²) in [5, 5.41) is 0. The molecule has 0 amide bonds. The molecule has 2 aromatic rings. The molecule has 0 bridgehead atoms. The molecular formula is C12H12FN3O2S. The van der Waals surface area contributed by atoms with E-state index in [9.17, 15) is 12.8 Å². The number of anilines is 2. The van der Waals surface area contributed by atoms with Crippen LogP contribution in [0.15, 0.2) is 41.4 Å². The monoisotopic (exact) mass is 281 g/mol. The normalized spacial score (nSPS) is 11.3. The molecule has 19 heavy (non-hydrogen) atoms. The van der Waals surface area contributed by atoms with Crippen LogP contribution in [-0.4, -0.2) is 13.4 Å². The van der Waals surface area contributed by atoms with Gasteiger partial charge in [0.25, 0.3) is 10.0 Å². The van der Waals surface area contributed by atoms with E-state index in [0.29, 0.717) is 5.56 Å². The Hall–Kier alpha value is -2.15. The number of hydrogen-bond acceptors (Lipinski definition) is 4. The van der Waals surface area contributed by atoms with Crippen molar-refractivity contribution in [3.05, 3.63) is 47.9 Å². The van der Waals surface area contributed by atoms with Gasteiger partial charge < -0.3 is 5.73 Å². The second-order valence-electron chi connectivity index (χ2n) is 4.04. The molecule has 0 aliphatic carbocycles. The largest absolute Gasteiger partial charge is 0.384 e. The molecule has 0 saturated heterocycles. The van der Waals surface area contributed by atoms with Crippen LogP contribution in [-0.2, 0) is 10.0 Å². The number of rotatable bonds is 3. The van der Waals surface area contributed by atoms with Gasteiger partial charge in [-0.15, -0.1) is 0 Å². The number of benzene rings is 1. The van der Waals surface area contributed by atoms with Crippen molar-refractivity contribution in [3.8, 4) is 0 Å². The lowest BCUT2D eigenvalue weighted by Gasteiger charge is -2.09. The quantitative estimate of drug-likeness (QED) is 0.900. The highest BCUT2D eigenvalue weighted by Gasteiger charge is 2.15. The standard InChI is InChI=1S/C12H12FN3O2S/c1-8-4-9(13)6-10(5-8)16-19(17,18)11-2-3-15-12(14)7-11/h2-7,16H,1H3,(H2,14,15). The molecule has 1 aromatic carbocycles. The van der Waals surface area contributed by atoms with Gasteiger partial charge in [0.2, 0.25) is 0 Å². The summed E-state index contributed by atoms with van der Waals surface area (Å²) in [6, 6.07) is 6.49. The average molecular weight is 281 g/mol. The van der Waals surface area contributed by atoms with Gasteiger partial charge in [-0.05, 0) is 36.8 Å². The maximum atomic E-state index is 13.2. The SMILES string of the molecule is Cc1cc(F)cc(NS(=O)(=O)c2ccnc(N)c2)c1. The zero-order valence-corrected chi connectivity index (χ0v) is 10.9. The Bertz CT molecular complexity index is 696. The van der Waals surface area contributed by atoms with E-state index in [0.717, 1.165) is 6.07 Å². The Morgan fingerprint density at radius 1 is 1.26 bits per heavy atom. The fourth-order valence-corrected chi connectivity index (χ4v) is 2.67. The van der Waals surface area contributed by atoms with Gasteiger partial charge in [-0.2, -0.15) is 0 Å². The Morgan fingerprint density at radius 3 is 2.63 bits per heavy atom. The fourth-order valence-electron chi connectivity index (χ4n) is 1.60. The first-order valence-corrected chi connectivity index (χ1v) is 6.87. The van der Waals surface area contributed by atoms with E-state index in [1.165, 1.54) is 30.5 Å². The van der Waals surface area contributed by atoms with Gasteiger partial charge in [0.1, 0.15) is 11.6 Å². The van der Waals surface area contributed by atoms with Gasteiger partial charge in [-0.25, -0.2) is 17.8 Å². The molecule has 5 nitrogen and oxygen atoms in total. The Kier molecular flexibility index (Phi) is 3.39. The summed E-state index contributed by atoms with van der Waals surface area (Å²) in [7, 11) is -3.81. The molecule has 0 radical (unpaired) electrons. The molecule has 3 N–H and O–H groups in total. The van der Waals surface area contributed by atoms with Crippen molar-refractivity contribution in [2.75, 3.05) is 10.5 Å². The molecule has 0 aliphatic heterocycles. The summed E-state index contributed by atoms with van der Waals surface area (Å²) in [5.74, 6) is -0.412. The Labute approximate surface area is 110 Å². The van der Waals surface area contributed by atoms with Crippen LogP contribution in [0.1, 0.15) is 5.56 Å². The first-order valence-electron chi connectivity index (χ1n) is 5.38. The van der Waals surface area contributed by atoms with Crippen LogP contribution in [0.5, 0.6) is 0 Å². The highest BCUT2D eigenvalue weighted by atomic mass is 32.2. The fraction of sp³-hybridized carbons (Fsp3) is 0.0833. The van der Waals surface area contributed by atoms with E-state index in [-0.39, 0.29) is 16.4 Å². The zero-order chi connectivity index (χ0) is 14.0. The molecule has 2 rings (SSSR count). The number of nitrogen functional groups attached to an aromatic ring is 1. The minimum absolute atomic E-state index is 0.0260. The summed E-state index contributed by atoms with van der Waals surface area (Å²) in [5.41, 5.74) is 6.21. The number of aromatic nitrogens is 1. The number of nitrogens with zero attached hydrogens (tertiary/aromatic N) is 1. The minimum atomic E-state index is -3.81. The van der Waals surface area contributed by atoms with E-state index in [1.54, 1.807) is 6.92 Å². The van der Waals surface area contributed by atoms with Crippen molar-refractivity contribution in [2.45, 2.75) is 11.8 Å². The summed E-state index contributed by atoms with van der Waals surface area (Å²) in [6.07, 6.45) is 1.29. The number of hydrogen-bond donors (Lipinski definition) is 2. The van der Waals surface area contributed by atoms with Crippen molar-refractivity contribution >= 4 is 21.5 Å². The van der Waals surface area contributed by atoms with Gasteiger partial charge in [-0.3, -0.25) is 4.72 Å². The van der Waals surface area contributed by atoms with E-state index in [2.05, 4.69) is 9.71 Å². The van der Waals surface area contributed by atoms with Gasteiger partial charge in [0.15, 0.2) is 0 Å². The van der Waals surface area contributed by atoms with Crippen LogP contribution in [0, 0.1) is 12.7 Å². The van der Waals surface area contributed by atoms with E-state index < -0.39 is 15.8 Å². The summed E-state index contributed by atoms with van der Waals surface area (Å²) in [6.45, 7) is 1.67. The third-order valence-corrected chi connectivity index (χ3v) is 3.74. The van der Waals surface area contributed by atoms with Gasteiger partial charge in [0, 0.05) is 12.3 Å². The molecule has 1 heterocycles. The Morgan fingerprint density at radius 2 is 2.00 bits per heavy atom. The molecule has 0 saturated carbocycles. The number of sulfonamides is 1. The molecule has 1 aromatic heterocycles. The van der Waals surface area contributed by atoms with Crippen molar-refractivity contribution in [3.63, 3.8) is 0 Å². The first kappa shape index (κ1) is 13.3. The smallest absolute Gasteiger partial charge is 0.262 e. The lowest BCUT2D eigenvalue weighted by atomic mass is 10.2. The second kappa shape index (κ2) is 4.85. The third kappa shape index (κ3) is 3.19. The van der Waals surface area contributed by atoms with Gasteiger partial charge >= 0.3 is 0 Å². The highest BCUT2D eigenvalue weighted by molar-refractivity contribution is 7.92. The van der Waals surface area contributed by atoms with Crippen LogP contribution in [0.4, 0.5) is 15.9 Å². The molecule has 0 atom stereocenters. The average Bonchev–Trinajstić information content (AvgIpc) is 2.26. The van der Waals surface area contributed by atoms with Crippen molar-refractivity contribution in [2.24, 2.45) is 0 Å². The van der Waals surface area contributed by atoms with Crippen molar-refractivity contribution in [1.82, 2.24) is 4.98 Å². The van der Waals surface area contributed by atoms with Crippen molar-refractivity contribution in [1.29, 1.82) is 0 Å². The molecule has 0 spiro atoms.